The Balaban J connectivity index is 2.01. The highest BCUT2D eigenvalue weighted by Gasteiger charge is 2.35. The molecule has 0 aromatic rings. The van der Waals surface area contributed by atoms with E-state index < -0.39 is 12.0 Å². The largest absolute Gasteiger partial charge is 0.480 e. The van der Waals surface area contributed by atoms with Crippen molar-refractivity contribution in [2.75, 3.05) is 19.0 Å². The summed E-state index contributed by atoms with van der Waals surface area (Å²) < 4.78 is 0.557. The number of amides is 1. The third-order valence-electron chi connectivity index (χ3n) is 2.81. The molecule has 0 saturated carbocycles. The van der Waals surface area contributed by atoms with Crippen LogP contribution in [0.2, 0.25) is 0 Å². The lowest BCUT2D eigenvalue weighted by atomic mass is 10.2. The molecular formula is C9H12N2O3S2. The van der Waals surface area contributed by atoms with Gasteiger partial charge in [0.15, 0.2) is 0 Å². The number of aliphatic carboxylic acids is 1. The van der Waals surface area contributed by atoms with E-state index in [-0.39, 0.29) is 5.91 Å². The van der Waals surface area contributed by atoms with Gasteiger partial charge in [-0.25, -0.2) is 0 Å². The molecule has 1 N–H and O–H groups in total. The zero-order valence-corrected chi connectivity index (χ0v) is 10.2. The molecule has 1 atom stereocenters. The third kappa shape index (κ3) is 2.21. The Morgan fingerprint density at radius 2 is 2.38 bits per heavy atom. The predicted molar refractivity (Wildman–Crippen MR) is 64.1 cm³/mol. The van der Waals surface area contributed by atoms with E-state index in [1.165, 1.54) is 16.7 Å². The standard InChI is InChI=1S/C9H12N2O3S2/c12-7-4-16-9(15)11(7)5-10-3-1-2-6(10)8(13)14/h6H,1-5H2,(H,13,14)/t6-/m0/s1. The summed E-state index contributed by atoms with van der Waals surface area (Å²) in [5.74, 6) is -0.460. The first-order valence-corrected chi connectivity index (χ1v) is 6.43. The van der Waals surface area contributed by atoms with Crippen molar-refractivity contribution in [1.29, 1.82) is 0 Å². The van der Waals surface area contributed by atoms with Crippen LogP contribution in [0.3, 0.4) is 0 Å². The number of likely N-dealkylation sites (tertiary alicyclic amines) is 1. The van der Waals surface area contributed by atoms with Gasteiger partial charge in [-0.2, -0.15) is 0 Å². The van der Waals surface area contributed by atoms with Crippen LogP contribution in [0.5, 0.6) is 0 Å². The van der Waals surface area contributed by atoms with E-state index in [9.17, 15) is 9.59 Å². The molecule has 0 aromatic carbocycles. The van der Waals surface area contributed by atoms with E-state index in [0.717, 1.165) is 6.42 Å². The number of thioether (sulfide) groups is 1. The number of thiocarbonyl (C=S) groups is 1. The molecule has 16 heavy (non-hydrogen) atoms. The highest BCUT2D eigenvalue weighted by molar-refractivity contribution is 8.23. The number of rotatable bonds is 3. The molecule has 2 aliphatic heterocycles. The van der Waals surface area contributed by atoms with Gasteiger partial charge in [-0.3, -0.25) is 19.4 Å². The second-order valence-electron chi connectivity index (χ2n) is 3.83. The number of nitrogens with zero attached hydrogens (tertiary/aromatic N) is 2. The number of carboxylic acid groups (broad SMARTS) is 1. The zero-order chi connectivity index (χ0) is 11.7. The Bertz CT molecular complexity index is 332. The van der Waals surface area contributed by atoms with E-state index in [4.69, 9.17) is 17.3 Å². The van der Waals surface area contributed by atoms with Crippen molar-refractivity contribution in [3.63, 3.8) is 0 Å². The summed E-state index contributed by atoms with van der Waals surface area (Å²) >= 11 is 6.39. The fourth-order valence-electron chi connectivity index (χ4n) is 1.97. The third-order valence-corrected chi connectivity index (χ3v) is 4.24. The summed E-state index contributed by atoms with van der Waals surface area (Å²) in [4.78, 5) is 25.8. The average Bonchev–Trinajstić information content (AvgIpc) is 2.80. The van der Waals surface area contributed by atoms with Crippen molar-refractivity contribution in [2.45, 2.75) is 18.9 Å². The van der Waals surface area contributed by atoms with Crippen LogP contribution < -0.4 is 0 Å². The molecule has 2 heterocycles. The molecule has 0 bridgehead atoms. The lowest BCUT2D eigenvalue weighted by molar-refractivity contribution is -0.143. The summed E-state index contributed by atoms with van der Waals surface area (Å²) in [7, 11) is 0. The Labute approximate surface area is 103 Å². The van der Waals surface area contributed by atoms with Crippen molar-refractivity contribution >= 4 is 40.2 Å². The first kappa shape index (κ1) is 11.8. The molecule has 2 aliphatic rings. The van der Waals surface area contributed by atoms with Crippen LogP contribution in [-0.4, -0.2) is 56.1 Å². The maximum atomic E-state index is 11.5. The van der Waals surface area contributed by atoms with Crippen LogP contribution >= 0.6 is 24.0 Å². The molecule has 2 rings (SSSR count). The molecule has 0 aliphatic carbocycles. The molecule has 7 heteroatoms. The van der Waals surface area contributed by atoms with Crippen LogP contribution in [0.4, 0.5) is 0 Å². The number of carbonyl (C=O) groups excluding carboxylic acids is 1. The number of hydrogen-bond acceptors (Lipinski definition) is 5. The van der Waals surface area contributed by atoms with E-state index in [1.54, 1.807) is 4.90 Å². The highest BCUT2D eigenvalue weighted by Crippen LogP contribution is 2.23. The minimum absolute atomic E-state index is 0.0222. The maximum Gasteiger partial charge on any atom is 0.320 e. The molecule has 1 amide bonds. The quantitative estimate of drug-likeness (QED) is 0.739. The summed E-state index contributed by atoms with van der Waals surface area (Å²) in [5, 5.41) is 9.01. The van der Waals surface area contributed by atoms with Crippen LogP contribution in [-0.2, 0) is 9.59 Å². The summed E-state index contributed by atoms with van der Waals surface area (Å²) in [6.45, 7) is 1.04. The smallest absolute Gasteiger partial charge is 0.320 e. The Morgan fingerprint density at radius 1 is 1.62 bits per heavy atom. The topological polar surface area (TPSA) is 60.9 Å². The first-order valence-electron chi connectivity index (χ1n) is 5.03. The molecular weight excluding hydrogens is 248 g/mol. The number of carboxylic acids is 1. The van der Waals surface area contributed by atoms with E-state index in [2.05, 4.69) is 0 Å². The summed E-state index contributed by atoms with van der Waals surface area (Å²) in [6.07, 6.45) is 1.51. The molecule has 2 fully saturated rings. The fraction of sp³-hybridized carbons (Fsp3) is 0.667. The minimum atomic E-state index is -0.817. The van der Waals surface area contributed by atoms with Crippen LogP contribution in [0, 0.1) is 0 Å². The van der Waals surface area contributed by atoms with Crippen LogP contribution in [0.25, 0.3) is 0 Å². The molecule has 88 valence electrons. The van der Waals surface area contributed by atoms with Crippen molar-refractivity contribution < 1.29 is 14.7 Å². The average molecular weight is 260 g/mol. The molecule has 2 saturated heterocycles. The SMILES string of the molecule is O=C(O)[C@@H]1CCCN1CN1C(=O)CSC1=S. The molecule has 0 unspecified atom stereocenters. The van der Waals surface area contributed by atoms with Gasteiger partial charge >= 0.3 is 5.97 Å². The maximum absolute atomic E-state index is 11.5. The van der Waals surface area contributed by atoms with Gasteiger partial charge in [0, 0.05) is 6.54 Å². The van der Waals surface area contributed by atoms with Gasteiger partial charge in [-0.15, -0.1) is 0 Å². The van der Waals surface area contributed by atoms with Gasteiger partial charge in [0.2, 0.25) is 5.91 Å². The van der Waals surface area contributed by atoms with Gasteiger partial charge < -0.3 is 5.11 Å². The van der Waals surface area contributed by atoms with Gasteiger partial charge in [0.25, 0.3) is 0 Å². The summed E-state index contributed by atoms with van der Waals surface area (Å²) in [5.41, 5.74) is 0. The van der Waals surface area contributed by atoms with Crippen molar-refractivity contribution in [1.82, 2.24) is 9.80 Å². The first-order chi connectivity index (χ1) is 7.59. The molecule has 0 spiro atoms. The van der Waals surface area contributed by atoms with E-state index >= 15 is 0 Å². The predicted octanol–water partition coefficient (Wildman–Crippen LogP) is 0.353. The Hall–Kier alpha value is -0.660. The molecule has 0 radical (unpaired) electrons. The van der Waals surface area contributed by atoms with Gasteiger partial charge in [0.05, 0.1) is 12.4 Å². The lowest BCUT2D eigenvalue weighted by Crippen LogP contribution is -2.45. The summed E-state index contributed by atoms with van der Waals surface area (Å²) in [6, 6.07) is -0.471. The zero-order valence-electron chi connectivity index (χ0n) is 8.59. The van der Waals surface area contributed by atoms with E-state index in [1.807, 2.05) is 0 Å². The second-order valence-corrected chi connectivity index (χ2v) is 5.44. The fourth-order valence-corrected chi connectivity index (χ4v) is 3.03. The number of hydrogen-bond donors (Lipinski definition) is 1. The van der Waals surface area contributed by atoms with E-state index in [0.29, 0.717) is 29.7 Å². The van der Waals surface area contributed by atoms with Crippen molar-refractivity contribution in [3.8, 4) is 0 Å². The second kappa shape index (κ2) is 4.68. The van der Waals surface area contributed by atoms with Gasteiger partial charge in [0.1, 0.15) is 10.4 Å². The van der Waals surface area contributed by atoms with Crippen molar-refractivity contribution in [2.24, 2.45) is 0 Å². The molecule has 5 nitrogen and oxygen atoms in total. The Morgan fingerprint density at radius 3 is 2.94 bits per heavy atom. The van der Waals surface area contributed by atoms with Gasteiger partial charge in [-0.1, -0.05) is 24.0 Å². The monoisotopic (exact) mass is 260 g/mol. The Kier molecular flexibility index (Phi) is 3.46. The molecule has 0 aromatic heterocycles. The normalized spacial score (nSPS) is 26.8. The van der Waals surface area contributed by atoms with Crippen LogP contribution in [0.1, 0.15) is 12.8 Å². The minimum Gasteiger partial charge on any atom is -0.480 e. The van der Waals surface area contributed by atoms with Crippen molar-refractivity contribution in [3.05, 3.63) is 0 Å². The number of carbonyl (C=O) groups is 2. The van der Waals surface area contributed by atoms with Gasteiger partial charge in [-0.05, 0) is 12.8 Å². The lowest BCUT2D eigenvalue weighted by Gasteiger charge is -2.26. The highest BCUT2D eigenvalue weighted by atomic mass is 32.2. The van der Waals surface area contributed by atoms with Crippen LogP contribution in [0.15, 0.2) is 0 Å².